The molecule has 4 heteroatoms. The Kier molecular flexibility index (Phi) is 7.43. The molecule has 0 atom stereocenters. The lowest BCUT2D eigenvalue weighted by molar-refractivity contribution is 0.282. The van der Waals surface area contributed by atoms with Gasteiger partial charge in [0.05, 0.1) is 25.1 Å². The van der Waals surface area contributed by atoms with Crippen molar-refractivity contribution < 1.29 is 9.84 Å². The van der Waals surface area contributed by atoms with Crippen LogP contribution < -0.4 is 14.5 Å². The Morgan fingerprint density at radius 2 is 1.18 bits per heavy atom. The van der Waals surface area contributed by atoms with Crippen LogP contribution in [0.15, 0.2) is 121 Å². The number of hydrogen-bond acceptors (Lipinski definition) is 4. The number of ether oxygens (including phenoxy) is 1. The first-order valence-electron chi connectivity index (χ1n) is 12.7. The Bertz CT molecular complexity index is 1500. The molecule has 190 valence electrons. The summed E-state index contributed by atoms with van der Waals surface area (Å²) in [4.78, 5) is 4.30. The minimum atomic E-state index is -0.0790. The Balaban J connectivity index is 1.55. The van der Waals surface area contributed by atoms with Gasteiger partial charge in [0.1, 0.15) is 5.75 Å². The van der Waals surface area contributed by atoms with E-state index < -0.39 is 0 Å². The van der Waals surface area contributed by atoms with Gasteiger partial charge in [0, 0.05) is 29.7 Å². The van der Waals surface area contributed by atoms with Gasteiger partial charge in [-0.15, -0.1) is 0 Å². The van der Waals surface area contributed by atoms with E-state index in [9.17, 15) is 5.11 Å². The quantitative estimate of drug-likeness (QED) is 0.232. The van der Waals surface area contributed by atoms with E-state index in [2.05, 4.69) is 102 Å². The monoisotopic (exact) mass is 500 g/mol. The molecule has 4 nitrogen and oxygen atoms in total. The van der Waals surface area contributed by atoms with E-state index in [1.807, 2.05) is 43.4 Å². The van der Waals surface area contributed by atoms with Crippen molar-refractivity contribution in [3.63, 3.8) is 0 Å². The van der Waals surface area contributed by atoms with Gasteiger partial charge >= 0.3 is 0 Å². The van der Waals surface area contributed by atoms with Crippen molar-refractivity contribution in [2.45, 2.75) is 13.5 Å². The van der Waals surface area contributed by atoms with Crippen LogP contribution in [0.5, 0.6) is 5.75 Å². The van der Waals surface area contributed by atoms with Gasteiger partial charge in [0.15, 0.2) is 0 Å². The minimum Gasteiger partial charge on any atom is -0.495 e. The first-order chi connectivity index (χ1) is 18.6. The van der Waals surface area contributed by atoms with Crippen molar-refractivity contribution in [3.05, 3.63) is 132 Å². The molecule has 0 bridgehead atoms. The van der Waals surface area contributed by atoms with E-state index in [-0.39, 0.29) is 6.61 Å². The zero-order valence-corrected chi connectivity index (χ0v) is 22.0. The number of aliphatic hydroxyl groups is 1. The molecule has 0 spiro atoms. The van der Waals surface area contributed by atoms with Gasteiger partial charge in [-0.3, -0.25) is 0 Å². The van der Waals surface area contributed by atoms with Gasteiger partial charge in [-0.2, -0.15) is 0 Å². The van der Waals surface area contributed by atoms with Crippen LogP contribution in [0.25, 0.3) is 11.1 Å². The lowest BCUT2D eigenvalue weighted by atomic mass is 10.00. The van der Waals surface area contributed by atoms with Crippen LogP contribution in [-0.2, 0) is 6.61 Å². The molecular weight excluding hydrogens is 468 g/mol. The maximum atomic E-state index is 10.5. The molecule has 0 unspecified atom stereocenters. The Hall–Kier alpha value is -4.54. The second-order valence-electron chi connectivity index (χ2n) is 9.29. The average molecular weight is 501 g/mol. The number of rotatable bonds is 8. The van der Waals surface area contributed by atoms with Crippen molar-refractivity contribution >= 4 is 28.4 Å². The summed E-state index contributed by atoms with van der Waals surface area (Å²) in [5.74, 6) is 0.786. The van der Waals surface area contributed by atoms with Crippen molar-refractivity contribution in [1.82, 2.24) is 0 Å². The summed E-state index contributed by atoms with van der Waals surface area (Å²) >= 11 is 0. The molecule has 0 radical (unpaired) electrons. The smallest absolute Gasteiger partial charge is 0.143 e. The highest BCUT2D eigenvalue weighted by molar-refractivity contribution is 5.82. The molecule has 5 aromatic carbocycles. The summed E-state index contributed by atoms with van der Waals surface area (Å²) in [5, 5.41) is 10.5. The molecule has 0 aromatic heterocycles. The van der Waals surface area contributed by atoms with Gasteiger partial charge in [-0.05, 0) is 78.7 Å². The number of methoxy groups -OCH3 is 1. The van der Waals surface area contributed by atoms with Crippen LogP contribution >= 0.6 is 0 Å². The molecule has 0 saturated carbocycles. The second-order valence-corrected chi connectivity index (χ2v) is 9.29. The first-order valence-corrected chi connectivity index (χ1v) is 12.7. The molecule has 1 N–H and O–H groups in total. The summed E-state index contributed by atoms with van der Waals surface area (Å²) in [7, 11) is 3.73. The lowest BCUT2D eigenvalue weighted by Crippen LogP contribution is -2.12. The Morgan fingerprint density at radius 1 is 0.632 bits per heavy atom. The molecule has 5 aromatic rings. The van der Waals surface area contributed by atoms with E-state index in [1.165, 1.54) is 5.56 Å². The highest BCUT2D eigenvalue weighted by Crippen LogP contribution is 2.40. The topological polar surface area (TPSA) is 35.9 Å². The number of aryl methyl sites for hydroxylation is 1. The van der Waals surface area contributed by atoms with E-state index in [0.717, 1.165) is 50.9 Å². The number of aliphatic hydroxyl groups excluding tert-OH is 1. The van der Waals surface area contributed by atoms with Crippen molar-refractivity contribution in [3.8, 4) is 16.9 Å². The summed E-state index contributed by atoms with van der Waals surface area (Å²) in [5.41, 5.74) is 9.17. The molecule has 0 fully saturated rings. The molecular formula is C34H32N2O2. The van der Waals surface area contributed by atoms with Crippen LogP contribution in [0.4, 0.5) is 28.4 Å². The SMILES string of the molecule is COc1cc(-c2ccc(N(c3ccccc3)c3ccc(C)cc3)c(CO)c2)ccc1N(C)c1ccccc1. The maximum Gasteiger partial charge on any atom is 0.143 e. The lowest BCUT2D eigenvalue weighted by Gasteiger charge is -2.28. The van der Waals surface area contributed by atoms with Gasteiger partial charge in [0.25, 0.3) is 0 Å². The molecule has 38 heavy (non-hydrogen) atoms. The molecule has 0 saturated heterocycles. The predicted octanol–water partition coefficient (Wildman–Crippen LogP) is 8.40. The van der Waals surface area contributed by atoms with E-state index in [0.29, 0.717) is 0 Å². The molecule has 0 aliphatic heterocycles. The van der Waals surface area contributed by atoms with Crippen molar-refractivity contribution in [1.29, 1.82) is 0 Å². The molecule has 0 aliphatic carbocycles. The number of anilines is 5. The van der Waals surface area contributed by atoms with Crippen LogP contribution in [0.2, 0.25) is 0 Å². The fraction of sp³-hybridized carbons (Fsp3) is 0.118. The van der Waals surface area contributed by atoms with Gasteiger partial charge in [-0.1, -0.05) is 66.2 Å². The third-order valence-corrected chi connectivity index (χ3v) is 6.82. The van der Waals surface area contributed by atoms with Crippen molar-refractivity contribution in [2.24, 2.45) is 0 Å². The molecule has 5 rings (SSSR count). The molecule has 0 aliphatic rings. The second kappa shape index (κ2) is 11.2. The van der Waals surface area contributed by atoms with E-state index in [1.54, 1.807) is 7.11 Å². The zero-order chi connectivity index (χ0) is 26.5. The number of nitrogens with zero attached hydrogens (tertiary/aromatic N) is 2. The number of para-hydroxylation sites is 2. The first kappa shape index (κ1) is 25.1. The van der Waals surface area contributed by atoms with Gasteiger partial charge in [0.2, 0.25) is 0 Å². The van der Waals surface area contributed by atoms with Crippen molar-refractivity contribution in [2.75, 3.05) is 24.0 Å². The average Bonchev–Trinajstić information content (AvgIpc) is 2.98. The molecule has 0 amide bonds. The zero-order valence-electron chi connectivity index (χ0n) is 22.0. The number of hydrogen-bond donors (Lipinski definition) is 1. The minimum absolute atomic E-state index is 0.0790. The maximum absolute atomic E-state index is 10.5. The van der Waals surface area contributed by atoms with E-state index in [4.69, 9.17) is 4.74 Å². The summed E-state index contributed by atoms with van der Waals surface area (Å²) in [6.45, 7) is 2.01. The standard InChI is InChI=1S/C34H32N2O2/c1-25-14-18-31(19-15-25)36(30-12-8-5-9-13-30)32-20-16-26(22-28(32)24-37)27-17-21-33(34(23-27)38-3)35(2)29-10-6-4-7-11-29/h4-23,37H,24H2,1-3H3. The summed E-state index contributed by atoms with van der Waals surface area (Å²) < 4.78 is 5.79. The normalized spacial score (nSPS) is 10.7. The van der Waals surface area contributed by atoms with Gasteiger partial charge in [-0.25, -0.2) is 0 Å². The van der Waals surface area contributed by atoms with Crippen LogP contribution in [0, 0.1) is 6.92 Å². The van der Waals surface area contributed by atoms with Crippen LogP contribution in [0.1, 0.15) is 11.1 Å². The van der Waals surface area contributed by atoms with Crippen LogP contribution in [-0.4, -0.2) is 19.3 Å². The molecule has 0 heterocycles. The highest BCUT2D eigenvalue weighted by atomic mass is 16.5. The summed E-state index contributed by atoms with van der Waals surface area (Å²) in [6, 6.07) is 41.4. The summed E-state index contributed by atoms with van der Waals surface area (Å²) in [6.07, 6.45) is 0. The Morgan fingerprint density at radius 3 is 1.79 bits per heavy atom. The largest absolute Gasteiger partial charge is 0.495 e. The fourth-order valence-electron chi connectivity index (χ4n) is 4.73. The third-order valence-electron chi connectivity index (χ3n) is 6.82. The van der Waals surface area contributed by atoms with E-state index >= 15 is 0 Å². The predicted molar refractivity (Wildman–Crippen MR) is 158 cm³/mol. The fourth-order valence-corrected chi connectivity index (χ4v) is 4.73. The highest BCUT2D eigenvalue weighted by Gasteiger charge is 2.17. The third kappa shape index (κ3) is 5.13. The Labute approximate surface area is 225 Å². The number of benzene rings is 5. The van der Waals surface area contributed by atoms with Gasteiger partial charge < -0.3 is 19.6 Å². The van der Waals surface area contributed by atoms with Crippen LogP contribution in [0.3, 0.4) is 0 Å².